The maximum absolute atomic E-state index is 12.5. The zero-order valence-electron chi connectivity index (χ0n) is 12.1. The lowest BCUT2D eigenvalue weighted by Crippen LogP contribution is -2.49. The summed E-state index contributed by atoms with van der Waals surface area (Å²) in [5.41, 5.74) is 0. The Bertz CT molecular complexity index is 630. The Morgan fingerprint density at radius 3 is 2.50 bits per heavy atom. The van der Waals surface area contributed by atoms with E-state index >= 15 is 0 Å². The Morgan fingerprint density at radius 2 is 1.86 bits per heavy atom. The van der Waals surface area contributed by atoms with Gasteiger partial charge in [0.1, 0.15) is 11.9 Å². The van der Waals surface area contributed by atoms with Crippen LogP contribution in [0.4, 0.5) is 0 Å². The number of ether oxygens (including phenoxy) is 1. The zero-order valence-corrected chi connectivity index (χ0v) is 12.1. The van der Waals surface area contributed by atoms with Crippen molar-refractivity contribution in [2.24, 2.45) is 0 Å². The van der Waals surface area contributed by atoms with Gasteiger partial charge in [0.15, 0.2) is 0 Å². The number of nitrogens with zero attached hydrogens (tertiary/aromatic N) is 3. The molecule has 2 aliphatic heterocycles. The molecule has 0 aliphatic carbocycles. The first-order valence-electron chi connectivity index (χ1n) is 7.61. The number of fused-ring (bicyclic) bond motifs is 2. The van der Waals surface area contributed by atoms with E-state index in [9.17, 15) is 4.79 Å². The third kappa shape index (κ3) is 2.34. The van der Waals surface area contributed by atoms with Crippen LogP contribution in [0.15, 0.2) is 41.3 Å². The van der Waals surface area contributed by atoms with Gasteiger partial charge >= 0.3 is 0 Å². The Hall–Kier alpha value is -2.37. The summed E-state index contributed by atoms with van der Waals surface area (Å²) >= 11 is 0. The standard InChI is InChI=1S/C16H17N3O3/c20-16(15-5-8-18-22-15)19-11-1-2-12(19)10-14(9-11)21-13-3-6-17-7-4-13/h3-8,11-12,14H,1-2,9-10H2. The second kappa shape index (κ2) is 5.44. The molecule has 2 aliphatic rings. The third-order valence-corrected chi connectivity index (χ3v) is 4.53. The predicted octanol–water partition coefficient (Wildman–Crippen LogP) is 2.28. The smallest absolute Gasteiger partial charge is 0.292 e. The van der Waals surface area contributed by atoms with Crippen molar-refractivity contribution in [1.29, 1.82) is 0 Å². The van der Waals surface area contributed by atoms with Crippen LogP contribution in [0.25, 0.3) is 0 Å². The first-order chi connectivity index (χ1) is 10.8. The minimum atomic E-state index is -0.0487. The van der Waals surface area contributed by atoms with Crippen LogP contribution in [0.5, 0.6) is 5.75 Å². The van der Waals surface area contributed by atoms with Crippen LogP contribution in [0.1, 0.15) is 36.2 Å². The second-order valence-electron chi connectivity index (χ2n) is 5.87. The normalized spacial score (nSPS) is 26.9. The zero-order chi connectivity index (χ0) is 14.9. The Kier molecular flexibility index (Phi) is 3.29. The Labute approximate surface area is 128 Å². The van der Waals surface area contributed by atoms with Crippen molar-refractivity contribution >= 4 is 5.91 Å². The molecule has 0 aromatic carbocycles. The summed E-state index contributed by atoms with van der Waals surface area (Å²) in [6, 6.07) is 5.81. The molecule has 114 valence electrons. The summed E-state index contributed by atoms with van der Waals surface area (Å²) in [4.78, 5) is 18.5. The molecule has 2 bridgehead atoms. The highest BCUT2D eigenvalue weighted by molar-refractivity contribution is 5.92. The van der Waals surface area contributed by atoms with Gasteiger partial charge in [0.25, 0.3) is 5.91 Å². The number of hydrogen-bond donors (Lipinski definition) is 0. The van der Waals surface area contributed by atoms with Crippen molar-refractivity contribution in [3.05, 3.63) is 42.5 Å². The van der Waals surface area contributed by atoms with E-state index in [-0.39, 0.29) is 24.1 Å². The molecule has 0 saturated carbocycles. The van der Waals surface area contributed by atoms with E-state index in [0.29, 0.717) is 5.76 Å². The Balaban J connectivity index is 1.47. The van der Waals surface area contributed by atoms with Crippen LogP contribution in [0.3, 0.4) is 0 Å². The van der Waals surface area contributed by atoms with Gasteiger partial charge in [-0.25, -0.2) is 0 Å². The summed E-state index contributed by atoms with van der Waals surface area (Å²) in [6.45, 7) is 0. The number of piperidine rings is 1. The highest BCUT2D eigenvalue weighted by atomic mass is 16.5. The minimum Gasteiger partial charge on any atom is -0.490 e. The number of aromatic nitrogens is 2. The van der Waals surface area contributed by atoms with Crippen LogP contribution in [0.2, 0.25) is 0 Å². The van der Waals surface area contributed by atoms with Crippen LogP contribution < -0.4 is 4.74 Å². The molecule has 2 fully saturated rings. The van der Waals surface area contributed by atoms with E-state index < -0.39 is 0 Å². The van der Waals surface area contributed by atoms with Crippen LogP contribution >= 0.6 is 0 Å². The lowest BCUT2D eigenvalue weighted by molar-refractivity contribution is 0.0326. The molecule has 2 aromatic rings. The highest BCUT2D eigenvalue weighted by Crippen LogP contribution is 2.38. The van der Waals surface area contributed by atoms with Gasteiger partial charge in [0.2, 0.25) is 5.76 Å². The quantitative estimate of drug-likeness (QED) is 0.869. The molecule has 2 atom stereocenters. The van der Waals surface area contributed by atoms with Gasteiger partial charge in [0.05, 0.1) is 6.20 Å². The van der Waals surface area contributed by atoms with E-state index in [1.165, 1.54) is 6.20 Å². The summed E-state index contributed by atoms with van der Waals surface area (Å²) < 4.78 is 11.1. The molecule has 22 heavy (non-hydrogen) atoms. The van der Waals surface area contributed by atoms with Crippen molar-refractivity contribution in [3.63, 3.8) is 0 Å². The van der Waals surface area contributed by atoms with Gasteiger partial charge in [-0.3, -0.25) is 9.78 Å². The molecule has 6 heteroatoms. The first kappa shape index (κ1) is 13.3. The molecule has 0 spiro atoms. The number of rotatable bonds is 3. The van der Waals surface area contributed by atoms with Crippen LogP contribution in [-0.4, -0.2) is 39.1 Å². The maximum atomic E-state index is 12.5. The summed E-state index contributed by atoms with van der Waals surface area (Å²) in [6.07, 6.45) is 8.89. The predicted molar refractivity (Wildman–Crippen MR) is 77.4 cm³/mol. The summed E-state index contributed by atoms with van der Waals surface area (Å²) in [7, 11) is 0. The summed E-state index contributed by atoms with van der Waals surface area (Å²) in [5, 5.41) is 3.63. The molecule has 0 radical (unpaired) electrons. The third-order valence-electron chi connectivity index (χ3n) is 4.53. The average Bonchev–Trinajstić information content (AvgIpc) is 3.15. The molecule has 0 N–H and O–H groups in total. The fraction of sp³-hybridized carbons (Fsp3) is 0.438. The van der Waals surface area contributed by atoms with Crippen LogP contribution in [-0.2, 0) is 0 Å². The van der Waals surface area contributed by atoms with Crippen molar-refractivity contribution < 1.29 is 14.1 Å². The van der Waals surface area contributed by atoms with Gasteiger partial charge in [-0.05, 0) is 25.0 Å². The molecule has 4 rings (SSSR count). The lowest BCUT2D eigenvalue weighted by Gasteiger charge is -2.38. The van der Waals surface area contributed by atoms with Crippen LogP contribution in [0, 0.1) is 0 Å². The van der Waals surface area contributed by atoms with Crippen molar-refractivity contribution in [2.75, 3.05) is 0 Å². The average molecular weight is 299 g/mol. The van der Waals surface area contributed by atoms with E-state index in [1.54, 1.807) is 18.5 Å². The number of pyridine rings is 1. The summed E-state index contributed by atoms with van der Waals surface area (Å²) in [5.74, 6) is 1.12. The number of hydrogen-bond acceptors (Lipinski definition) is 5. The minimum absolute atomic E-state index is 0.0487. The van der Waals surface area contributed by atoms with Crippen molar-refractivity contribution in [2.45, 2.75) is 43.9 Å². The number of carbonyl (C=O) groups is 1. The molecule has 2 saturated heterocycles. The molecular weight excluding hydrogens is 282 g/mol. The Morgan fingerprint density at radius 1 is 1.14 bits per heavy atom. The van der Waals surface area contributed by atoms with Gasteiger partial charge in [-0.1, -0.05) is 5.16 Å². The fourth-order valence-electron chi connectivity index (χ4n) is 3.62. The number of amides is 1. The van der Waals surface area contributed by atoms with Crippen molar-refractivity contribution in [3.8, 4) is 5.75 Å². The van der Waals surface area contributed by atoms with E-state index in [2.05, 4.69) is 10.1 Å². The maximum Gasteiger partial charge on any atom is 0.292 e. The largest absolute Gasteiger partial charge is 0.490 e. The van der Waals surface area contributed by atoms with Crippen molar-refractivity contribution in [1.82, 2.24) is 15.0 Å². The number of carbonyl (C=O) groups excluding carboxylic acids is 1. The van der Waals surface area contributed by atoms with Gasteiger partial charge < -0.3 is 14.2 Å². The molecule has 2 unspecified atom stereocenters. The first-order valence-corrected chi connectivity index (χ1v) is 7.61. The van der Waals surface area contributed by atoms with E-state index in [4.69, 9.17) is 9.26 Å². The monoisotopic (exact) mass is 299 g/mol. The highest BCUT2D eigenvalue weighted by Gasteiger charge is 2.45. The molecule has 6 nitrogen and oxygen atoms in total. The SMILES string of the molecule is O=C(c1ccno1)N1C2CCC1CC(Oc1ccncc1)C2. The molecule has 4 heterocycles. The topological polar surface area (TPSA) is 68.5 Å². The van der Waals surface area contributed by atoms with Gasteiger partial charge in [-0.2, -0.15) is 0 Å². The van der Waals surface area contributed by atoms with Gasteiger partial charge in [0, 0.05) is 43.4 Å². The fourth-order valence-corrected chi connectivity index (χ4v) is 3.62. The van der Waals surface area contributed by atoms with E-state index in [0.717, 1.165) is 31.4 Å². The molecular formula is C16H17N3O3. The molecule has 2 aromatic heterocycles. The van der Waals surface area contributed by atoms with E-state index in [1.807, 2.05) is 17.0 Å². The molecule has 1 amide bonds. The second-order valence-corrected chi connectivity index (χ2v) is 5.87. The lowest BCUT2D eigenvalue weighted by atomic mass is 9.99. The van der Waals surface area contributed by atoms with Gasteiger partial charge in [-0.15, -0.1) is 0 Å².